The first-order chi connectivity index (χ1) is 16.0. The molecule has 0 aliphatic heterocycles. The molecule has 0 bridgehead atoms. The molecule has 2 heterocycles. The van der Waals surface area contributed by atoms with Crippen molar-refractivity contribution in [1.82, 2.24) is 25.0 Å². The number of nitrogens with zero attached hydrogens (tertiary/aromatic N) is 5. The van der Waals surface area contributed by atoms with Crippen LogP contribution in [0.25, 0.3) is 11.2 Å². The smallest absolute Gasteiger partial charge is 0.191 e. The Kier molecular flexibility index (Phi) is 6.21. The fourth-order valence-electron chi connectivity index (χ4n) is 4.34. The van der Waals surface area contributed by atoms with Crippen LogP contribution < -0.4 is 5.32 Å². The van der Waals surface area contributed by atoms with Crippen LogP contribution in [0.2, 0.25) is 0 Å². The van der Waals surface area contributed by atoms with E-state index in [0.717, 1.165) is 30.6 Å². The van der Waals surface area contributed by atoms with Crippen molar-refractivity contribution in [2.45, 2.75) is 74.1 Å². The molecule has 2 aliphatic carbocycles. The molecule has 11 heteroatoms. The van der Waals surface area contributed by atoms with Gasteiger partial charge in [-0.1, -0.05) is 42.5 Å². The van der Waals surface area contributed by atoms with Crippen molar-refractivity contribution in [3.8, 4) is 0 Å². The first-order valence-electron chi connectivity index (χ1n) is 11.3. The van der Waals surface area contributed by atoms with Gasteiger partial charge < -0.3 is 20.6 Å². The fraction of sp³-hybridized carbons (Fsp3) is 0.545. The van der Waals surface area contributed by atoms with E-state index in [1.165, 1.54) is 16.8 Å². The van der Waals surface area contributed by atoms with E-state index >= 15 is 0 Å². The molecule has 176 valence electrons. The minimum atomic E-state index is -1.24. The molecule has 0 spiro atoms. The minimum absolute atomic E-state index is 0.132. The highest BCUT2D eigenvalue weighted by Gasteiger charge is 2.43. The molecule has 0 amide bonds. The summed E-state index contributed by atoms with van der Waals surface area (Å²) in [7, 11) is 0. The zero-order valence-corrected chi connectivity index (χ0v) is 19.0. The summed E-state index contributed by atoms with van der Waals surface area (Å²) < 4.78 is 14.8. The maximum Gasteiger partial charge on any atom is 0.191 e. The van der Waals surface area contributed by atoms with Gasteiger partial charge in [-0.05, 0) is 30.5 Å². The lowest BCUT2D eigenvalue weighted by Gasteiger charge is -2.16. The summed E-state index contributed by atoms with van der Waals surface area (Å²) in [4.78, 5) is 9.33. The molecule has 3 aromatic rings. The lowest BCUT2D eigenvalue weighted by molar-refractivity contribution is -0.0253. The number of aromatic nitrogens is 5. The van der Waals surface area contributed by atoms with Crippen molar-refractivity contribution in [2.75, 3.05) is 11.1 Å². The molecule has 2 aromatic heterocycles. The molecule has 2 unspecified atom stereocenters. The summed E-state index contributed by atoms with van der Waals surface area (Å²) in [5.41, 5.74) is 2.00. The van der Waals surface area contributed by atoms with Crippen molar-refractivity contribution in [2.24, 2.45) is 0 Å². The quantitative estimate of drug-likeness (QED) is 0.221. The summed E-state index contributed by atoms with van der Waals surface area (Å²) >= 11 is 1.54. The van der Waals surface area contributed by atoms with Crippen LogP contribution >= 0.6 is 11.8 Å². The number of hydrogen-bond acceptors (Lipinski definition) is 9. The Morgan fingerprint density at radius 3 is 2.61 bits per heavy atom. The topological polar surface area (TPSA) is 129 Å². The summed E-state index contributed by atoms with van der Waals surface area (Å²) in [6.45, 7) is 2.12. The predicted octanol–water partition coefficient (Wildman–Crippen LogP) is 2.25. The molecule has 6 atom stereocenters. The molecule has 33 heavy (non-hydrogen) atoms. The zero-order valence-electron chi connectivity index (χ0n) is 18.2. The summed E-state index contributed by atoms with van der Waals surface area (Å²) in [5, 5.41) is 42.9. The SMILES string of the molecule is CCCCSc1nc(NC2CC2c2ccc(F)cc2)c2nnn([C@H]3C[C@@H](O)[C@@H](O)[C@@H]3O)c2n1. The number of halogens is 1. The third-order valence-electron chi connectivity index (χ3n) is 6.38. The van der Waals surface area contributed by atoms with Crippen LogP contribution in [0.15, 0.2) is 29.4 Å². The molecule has 1 aromatic carbocycles. The highest BCUT2D eigenvalue weighted by atomic mass is 32.2. The largest absolute Gasteiger partial charge is 0.390 e. The normalized spacial score (nSPS) is 29.0. The third kappa shape index (κ3) is 4.42. The molecule has 2 aliphatic rings. The van der Waals surface area contributed by atoms with Crippen molar-refractivity contribution in [1.29, 1.82) is 0 Å². The summed E-state index contributed by atoms with van der Waals surface area (Å²) in [5.74, 6) is 1.43. The van der Waals surface area contributed by atoms with E-state index in [0.29, 0.717) is 22.1 Å². The van der Waals surface area contributed by atoms with Gasteiger partial charge in [-0.25, -0.2) is 19.0 Å². The second-order valence-electron chi connectivity index (χ2n) is 8.76. The number of fused-ring (bicyclic) bond motifs is 1. The highest BCUT2D eigenvalue weighted by molar-refractivity contribution is 7.99. The Bertz CT molecular complexity index is 1130. The third-order valence-corrected chi connectivity index (χ3v) is 7.31. The second kappa shape index (κ2) is 9.13. The minimum Gasteiger partial charge on any atom is -0.390 e. The maximum absolute atomic E-state index is 13.3. The highest BCUT2D eigenvalue weighted by Crippen LogP contribution is 2.43. The van der Waals surface area contributed by atoms with Crippen LogP contribution in [0.3, 0.4) is 0 Å². The summed E-state index contributed by atoms with van der Waals surface area (Å²) in [6, 6.07) is 6.04. The van der Waals surface area contributed by atoms with Gasteiger partial charge in [0, 0.05) is 24.1 Å². The number of aliphatic hydroxyl groups excluding tert-OH is 3. The molecule has 5 rings (SSSR count). The molecule has 4 N–H and O–H groups in total. The lowest BCUT2D eigenvalue weighted by Crippen LogP contribution is -2.31. The van der Waals surface area contributed by atoms with E-state index in [2.05, 4.69) is 32.5 Å². The Labute approximate surface area is 194 Å². The van der Waals surface area contributed by atoms with Gasteiger partial charge in [0.15, 0.2) is 22.1 Å². The average molecular weight is 475 g/mol. The number of thioether (sulfide) groups is 1. The van der Waals surface area contributed by atoms with E-state index in [-0.39, 0.29) is 24.2 Å². The number of hydrogen-bond donors (Lipinski definition) is 4. The van der Waals surface area contributed by atoms with Gasteiger partial charge in [0.2, 0.25) is 0 Å². The van der Waals surface area contributed by atoms with Crippen LogP contribution in [0, 0.1) is 5.82 Å². The van der Waals surface area contributed by atoms with E-state index in [4.69, 9.17) is 0 Å². The maximum atomic E-state index is 13.3. The van der Waals surface area contributed by atoms with Gasteiger partial charge in [-0.2, -0.15) is 0 Å². The van der Waals surface area contributed by atoms with Gasteiger partial charge in [-0.15, -0.1) is 5.10 Å². The van der Waals surface area contributed by atoms with E-state index in [1.807, 2.05) is 0 Å². The standard InChI is InChI=1S/C22H27FN6O3S/c1-2-3-8-33-22-25-20(24-14-9-13(14)11-4-6-12(23)7-5-11)17-21(26-22)29(28-27-17)15-10-16(30)19(32)18(15)31/h4-7,13-16,18-19,30-32H,2-3,8-10H2,1H3,(H,24,25,26)/t13?,14?,15-,16+,18+,19+/m0/s1. The van der Waals surface area contributed by atoms with Crippen LogP contribution in [-0.4, -0.2) is 70.4 Å². The number of rotatable bonds is 8. The molecular formula is C22H27FN6O3S. The van der Waals surface area contributed by atoms with Crippen LogP contribution in [0.1, 0.15) is 50.1 Å². The molecule has 9 nitrogen and oxygen atoms in total. The number of anilines is 1. The Morgan fingerprint density at radius 1 is 1.12 bits per heavy atom. The fourth-order valence-corrected chi connectivity index (χ4v) is 5.26. The lowest BCUT2D eigenvalue weighted by atomic mass is 10.1. The average Bonchev–Trinajstić information content (AvgIpc) is 3.36. The van der Waals surface area contributed by atoms with Crippen molar-refractivity contribution in [3.05, 3.63) is 35.6 Å². The molecular weight excluding hydrogens is 447 g/mol. The van der Waals surface area contributed by atoms with Gasteiger partial charge in [-0.3, -0.25) is 0 Å². The number of benzene rings is 1. The first-order valence-corrected chi connectivity index (χ1v) is 12.3. The molecule has 0 radical (unpaired) electrons. The Hall–Kier alpha value is -2.34. The van der Waals surface area contributed by atoms with Gasteiger partial charge in [0.05, 0.1) is 12.1 Å². The Morgan fingerprint density at radius 2 is 1.91 bits per heavy atom. The van der Waals surface area contributed by atoms with Crippen molar-refractivity contribution in [3.63, 3.8) is 0 Å². The Balaban J connectivity index is 1.44. The van der Waals surface area contributed by atoms with Gasteiger partial charge >= 0.3 is 0 Å². The van der Waals surface area contributed by atoms with Gasteiger partial charge in [0.25, 0.3) is 0 Å². The number of aliphatic hydroxyl groups is 3. The molecule has 2 fully saturated rings. The molecule has 2 saturated carbocycles. The zero-order chi connectivity index (χ0) is 23.1. The van der Waals surface area contributed by atoms with Crippen LogP contribution in [0.5, 0.6) is 0 Å². The predicted molar refractivity (Wildman–Crippen MR) is 122 cm³/mol. The molecule has 0 saturated heterocycles. The van der Waals surface area contributed by atoms with Crippen LogP contribution in [0.4, 0.5) is 10.2 Å². The van der Waals surface area contributed by atoms with E-state index in [1.54, 1.807) is 23.9 Å². The first kappa shape index (κ1) is 22.5. The number of unbranched alkanes of at least 4 members (excludes halogenated alkanes) is 1. The monoisotopic (exact) mass is 474 g/mol. The van der Waals surface area contributed by atoms with E-state index in [9.17, 15) is 19.7 Å². The second-order valence-corrected chi connectivity index (χ2v) is 9.82. The van der Waals surface area contributed by atoms with E-state index < -0.39 is 24.4 Å². The van der Waals surface area contributed by atoms with Crippen molar-refractivity contribution >= 4 is 28.7 Å². The summed E-state index contributed by atoms with van der Waals surface area (Å²) in [6.07, 6.45) is -0.310. The number of nitrogens with one attached hydrogen (secondary N) is 1. The van der Waals surface area contributed by atoms with Crippen molar-refractivity contribution < 1.29 is 19.7 Å². The van der Waals surface area contributed by atoms with Gasteiger partial charge in [0.1, 0.15) is 18.0 Å². The van der Waals surface area contributed by atoms with Crippen LogP contribution in [-0.2, 0) is 0 Å².